The van der Waals surface area contributed by atoms with Crippen molar-refractivity contribution < 1.29 is 9.59 Å². The molecule has 0 bridgehead atoms. The van der Waals surface area contributed by atoms with Crippen LogP contribution in [0.15, 0.2) is 23.1 Å². The number of amides is 2. The first-order valence-electron chi connectivity index (χ1n) is 9.30. The summed E-state index contributed by atoms with van der Waals surface area (Å²) in [5.74, 6) is 0.0675. The normalized spacial score (nSPS) is 16.7. The number of piperidine rings is 1. The third-order valence-corrected chi connectivity index (χ3v) is 6.28. The van der Waals surface area contributed by atoms with E-state index < -0.39 is 0 Å². The molecule has 2 N–H and O–H groups in total. The molecule has 27 heavy (non-hydrogen) atoms. The van der Waals surface area contributed by atoms with E-state index >= 15 is 0 Å². The zero-order chi connectivity index (χ0) is 19.8. The summed E-state index contributed by atoms with van der Waals surface area (Å²) in [4.78, 5) is 27.2. The number of thioether (sulfide) groups is 1. The van der Waals surface area contributed by atoms with E-state index in [2.05, 4.69) is 15.5 Å². The monoisotopic (exact) mass is 431 g/mol. The third kappa shape index (κ3) is 7.53. The van der Waals surface area contributed by atoms with Crippen LogP contribution in [0.5, 0.6) is 0 Å². The maximum absolute atomic E-state index is 12.5. The van der Waals surface area contributed by atoms with Crippen molar-refractivity contribution in [2.24, 2.45) is 0 Å². The highest BCUT2D eigenvalue weighted by Crippen LogP contribution is 2.32. The summed E-state index contributed by atoms with van der Waals surface area (Å²) in [6, 6.07) is 5.39. The quantitative estimate of drug-likeness (QED) is 0.617. The molecule has 8 heteroatoms. The highest BCUT2D eigenvalue weighted by atomic mass is 35.5. The Labute approximate surface area is 175 Å². The standard InChI is InChI=1S/C19H27Cl2N3O2S/c1-3-8-22-18(25)12-24-9-6-15(7-10-24)23-19(26)13(2)27-17-11-14(20)4-5-16(17)21/h4-5,11,13,15H,3,6-10,12H2,1-2H3,(H,22,25)(H,23,26). The number of hydrogen-bond donors (Lipinski definition) is 2. The van der Waals surface area contributed by atoms with Crippen LogP contribution in [0.4, 0.5) is 0 Å². The fourth-order valence-corrected chi connectivity index (χ4v) is 4.31. The number of benzene rings is 1. The summed E-state index contributed by atoms with van der Waals surface area (Å²) < 4.78 is 0. The smallest absolute Gasteiger partial charge is 0.234 e. The molecule has 1 unspecified atom stereocenters. The van der Waals surface area contributed by atoms with Crippen LogP contribution in [-0.2, 0) is 9.59 Å². The predicted molar refractivity (Wildman–Crippen MR) is 113 cm³/mol. The minimum absolute atomic E-state index is 0.00446. The van der Waals surface area contributed by atoms with Gasteiger partial charge >= 0.3 is 0 Å². The summed E-state index contributed by atoms with van der Waals surface area (Å²) in [5.41, 5.74) is 0. The van der Waals surface area contributed by atoms with E-state index in [-0.39, 0.29) is 23.1 Å². The van der Waals surface area contributed by atoms with Crippen LogP contribution in [0.25, 0.3) is 0 Å². The molecule has 1 aliphatic rings. The fraction of sp³-hybridized carbons (Fsp3) is 0.579. The van der Waals surface area contributed by atoms with Crippen molar-refractivity contribution >= 4 is 46.8 Å². The number of halogens is 2. The lowest BCUT2D eigenvalue weighted by molar-refractivity contribution is -0.123. The molecular formula is C19H27Cl2N3O2S. The first-order valence-corrected chi connectivity index (χ1v) is 10.9. The summed E-state index contributed by atoms with van der Waals surface area (Å²) in [6.07, 6.45) is 2.64. The van der Waals surface area contributed by atoms with Gasteiger partial charge in [0.25, 0.3) is 0 Å². The molecule has 5 nitrogen and oxygen atoms in total. The molecule has 1 aromatic carbocycles. The maximum atomic E-state index is 12.5. The molecule has 0 saturated carbocycles. The molecule has 1 aromatic rings. The van der Waals surface area contributed by atoms with Crippen LogP contribution in [0, 0.1) is 0 Å². The third-order valence-electron chi connectivity index (χ3n) is 4.44. The van der Waals surface area contributed by atoms with Crippen LogP contribution in [-0.4, -0.2) is 54.2 Å². The minimum Gasteiger partial charge on any atom is -0.355 e. The van der Waals surface area contributed by atoms with Gasteiger partial charge in [-0.25, -0.2) is 0 Å². The Morgan fingerprint density at radius 2 is 2.00 bits per heavy atom. The highest BCUT2D eigenvalue weighted by Gasteiger charge is 2.24. The average Bonchev–Trinajstić information content (AvgIpc) is 2.64. The Balaban J connectivity index is 1.75. The first-order chi connectivity index (χ1) is 12.9. The molecule has 2 amide bonds. The van der Waals surface area contributed by atoms with Crippen molar-refractivity contribution in [3.63, 3.8) is 0 Å². The molecule has 2 rings (SSSR count). The Morgan fingerprint density at radius 1 is 1.30 bits per heavy atom. The Hall–Kier alpha value is -0.950. The molecule has 0 aromatic heterocycles. The van der Waals surface area contributed by atoms with E-state index in [1.807, 2.05) is 13.8 Å². The van der Waals surface area contributed by atoms with Crippen LogP contribution in [0.2, 0.25) is 10.0 Å². The Kier molecular flexibility index (Phi) is 9.22. The summed E-state index contributed by atoms with van der Waals surface area (Å²) in [7, 11) is 0. The first kappa shape index (κ1) is 22.3. The van der Waals surface area contributed by atoms with Crippen LogP contribution < -0.4 is 10.6 Å². The van der Waals surface area contributed by atoms with Crippen molar-refractivity contribution in [2.75, 3.05) is 26.2 Å². The van der Waals surface area contributed by atoms with Crippen molar-refractivity contribution in [1.82, 2.24) is 15.5 Å². The van der Waals surface area contributed by atoms with Gasteiger partial charge in [0.1, 0.15) is 0 Å². The molecule has 1 aliphatic heterocycles. The molecular weight excluding hydrogens is 405 g/mol. The number of rotatable bonds is 8. The maximum Gasteiger partial charge on any atom is 0.234 e. The zero-order valence-corrected chi connectivity index (χ0v) is 18.1. The second kappa shape index (κ2) is 11.1. The van der Waals surface area contributed by atoms with Gasteiger partial charge in [0.05, 0.1) is 16.8 Å². The molecule has 0 radical (unpaired) electrons. The van der Waals surface area contributed by atoms with Crippen molar-refractivity contribution in [2.45, 2.75) is 49.3 Å². The highest BCUT2D eigenvalue weighted by molar-refractivity contribution is 8.00. The largest absolute Gasteiger partial charge is 0.355 e. The van der Waals surface area contributed by atoms with Gasteiger partial charge in [0.15, 0.2) is 0 Å². The second-order valence-corrected chi connectivity index (χ2v) is 8.97. The molecule has 1 atom stereocenters. The predicted octanol–water partition coefficient (Wildman–Crippen LogP) is 3.58. The van der Waals surface area contributed by atoms with Gasteiger partial charge < -0.3 is 10.6 Å². The summed E-state index contributed by atoms with van der Waals surface area (Å²) in [5, 5.41) is 6.95. The molecule has 1 fully saturated rings. The SMILES string of the molecule is CCCNC(=O)CN1CCC(NC(=O)C(C)Sc2cc(Cl)ccc2Cl)CC1. The van der Waals surface area contributed by atoms with E-state index in [9.17, 15) is 9.59 Å². The van der Waals surface area contributed by atoms with Gasteiger partial charge in [-0.15, -0.1) is 11.8 Å². The molecule has 1 heterocycles. The van der Waals surface area contributed by atoms with E-state index in [0.29, 0.717) is 16.6 Å². The molecule has 0 aliphatic carbocycles. The lowest BCUT2D eigenvalue weighted by Gasteiger charge is -2.32. The van der Waals surface area contributed by atoms with Crippen molar-refractivity contribution in [1.29, 1.82) is 0 Å². The van der Waals surface area contributed by atoms with E-state index in [4.69, 9.17) is 23.2 Å². The van der Waals surface area contributed by atoms with Crippen molar-refractivity contribution in [3.05, 3.63) is 28.2 Å². The summed E-state index contributed by atoms with van der Waals surface area (Å²) in [6.45, 7) is 6.68. The van der Waals surface area contributed by atoms with Gasteiger partial charge in [-0.3, -0.25) is 14.5 Å². The van der Waals surface area contributed by atoms with E-state index in [0.717, 1.165) is 43.8 Å². The number of carbonyl (C=O) groups is 2. The van der Waals surface area contributed by atoms with Gasteiger partial charge in [0, 0.05) is 35.6 Å². The molecule has 1 saturated heterocycles. The van der Waals surface area contributed by atoms with Gasteiger partial charge in [0.2, 0.25) is 11.8 Å². The Bertz CT molecular complexity index is 652. The second-order valence-electron chi connectivity index (χ2n) is 6.74. The van der Waals surface area contributed by atoms with E-state index in [1.165, 1.54) is 11.8 Å². The van der Waals surface area contributed by atoms with Gasteiger partial charge in [-0.1, -0.05) is 30.1 Å². The van der Waals surface area contributed by atoms with Gasteiger partial charge in [-0.2, -0.15) is 0 Å². The number of nitrogens with zero attached hydrogens (tertiary/aromatic N) is 1. The lowest BCUT2D eigenvalue weighted by atomic mass is 10.0. The number of likely N-dealkylation sites (tertiary alicyclic amines) is 1. The number of carbonyl (C=O) groups excluding carboxylic acids is 2. The summed E-state index contributed by atoms with van der Waals surface area (Å²) >= 11 is 13.6. The van der Waals surface area contributed by atoms with Crippen LogP contribution in [0.1, 0.15) is 33.1 Å². The van der Waals surface area contributed by atoms with Crippen LogP contribution >= 0.6 is 35.0 Å². The average molecular weight is 432 g/mol. The van der Waals surface area contributed by atoms with Crippen LogP contribution in [0.3, 0.4) is 0 Å². The topological polar surface area (TPSA) is 61.4 Å². The lowest BCUT2D eigenvalue weighted by Crippen LogP contribution is -2.48. The van der Waals surface area contributed by atoms with Gasteiger partial charge in [-0.05, 0) is 44.4 Å². The minimum atomic E-state index is -0.265. The van der Waals surface area contributed by atoms with E-state index in [1.54, 1.807) is 18.2 Å². The molecule has 150 valence electrons. The number of hydrogen-bond acceptors (Lipinski definition) is 4. The Morgan fingerprint density at radius 3 is 2.67 bits per heavy atom. The fourth-order valence-electron chi connectivity index (χ4n) is 2.89. The molecule has 0 spiro atoms. The van der Waals surface area contributed by atoms with Crippen molar-refractivity contribution in [3.8, 4) is 0 Å². The zero-order valence-electron chi connectivity index (χ0n) is 15.8. The number of nitrogens with one attached hydrogen (secondary N) is 2.